The fourth-order valence-electron chi connectivity index (χ4n) is 2.76. The SMILES string of the molecule is Cc1ccc(Cn2c(-c3ccc(C)cc3)cc(C(F)(F)F)cc2=O)cc1. The van der Waals surface area contributed by atoms with E-state index in [2.05, 4.69) is 0 Å². The molecule has 5 heteroatoms. The summed E-state index contributed by atoms with van der Waals surface area (Å²) in [5.41, 5.74) is 2.15. The lowest BCUT2D eigenvalue weighted by Gasteiger charge is -2.16. The Hall–Kier alpha value is -2.82. The Balaban J connectivity index is 2.16. The van der Waals surface area contributed by atoms with Crippen LogP contribution in [0.5, 0.6) is 0 Å². The Labute approximate surface area is 149 Å². The highest BCUT2D eigenvalue weighted by molar-refractivity contribution is 5.61. The number of hydrogen-bond donors (Lipinski definition) is 0. The Morgan fingerprint density at radius 3 is 1.92 bits per heavy atom. The summed E-state index contributed by atoms with van der Waals surface area (Å²) in [4.78, 5) is 12.5. The van der Waals surface area contributed by atoms with Crippen LogP contribution in [0.15, 0.2) is 65.5 Å². The van der Waals surface area contributed by atoms with Gasteiger partial charge in [0.2, 0.25) is 0 Å². The summed E-state index contributed by atoms with van der Waals surface area (Å²) < 4.78 is 40.9. The van der Waals surface area contributed by atoms with Gasteiger partial charge in [-0.05, 0) is 31.0 Å². The van der Waals surface area contributed by atoms with Crippen LogP contribution in [0.1, 0.15) is 22.3 Å². The molecule has 0 aliphatic rings. The fraction of sp³-hybridized carbons (Fsp3) is 0.190. The molecule has 0 spiro atoms. The average Bonchev–Trinajstić information content (AvgIpc) is 2.58. The van der Waals surface area contributed by atoms with Gasteiger partial charge in [0.05, 0.1) is 17.8 Å². The first-order valence-electron chi connectivity index (χ1n) is 8.19. The molecule has 0 N–H and O–H groups in total. The van der Waals surface area contributed by atoms with Crippen molar-refractivity contribution in [2.24, 2.45) is 0 Å². The summed E-state index contributed by atoms with van der Waals surface area (Å²) in [5.74, 6) is 0. The first-order valence-corrected chi connectivity index (χ1v) is 8.19. The summed E-state index contributed by atoms with van der Waals surface area (Å²) >= 11 is 0. The van der Waals surface area contributed by atoms with Gasteiger partial charge >= 0.3 is 6.18 Å². The van der Waals surface area contributed by atoms with Crippen molar-refractivity contribution in [2.45, 2.75) is 26.6 Å². The molecule has 0 radical (unpaired) electrons. The summed E-state index contributed by atoms with van der Waals surface area (Å²) in [5, 5.41) is 0. The Kier molecular flexibility index (Phi) is 4.72. The second kappa shape index (κ2) is 6.83. The van der Waals surface area contributed by atoms with Gasteiger partial charge in [0, 0.05) is 6.07 Å². The van der Waals surface area contributed by atoms with Crippen LogP contribution in [-0.2, 0) is 12.7 Å². The van der Waals surface area contributed by atoms with Gasteiger partial charge in [-0.2, -0.15) is 13.2 Å². The van der Waals surface area contributed by atoms with E-state index in [1.54, 1.807) is 12.1 Å². The zero-order chi connectivity index (χ0) is 18.9. The van der Waals surface area contributed by atoms with Crippen molar-refractivity contribution >= 4 is 0 Å². The number of aromatic nitrogens is 1. The molecule has 3 rings (SSSR count). The van der Waals surface area contributed by atoms with Crippen LogP contribution in [0.25, 0.3) is 11.3 Å². The Morgan fingerprint density at radius 2 is 1.38 bits per heavy atom. The summed E-state index contributed by atoms with van der Waals surface area (Å²) in [6, 6.07) is 16.4. The summed E-state index contributed by atoms with van der Waals surface area (Å²) in [6.07, 6.45) is -4.57. The normalized spacial score (nSPS) is 11.6. The number of benzene rings is 2. The lowest BCUT2D eigenvalue weighted by atomic mass is 10.1. The van der Waals surface area contributed by atoms with E-state index in [1.807, 2.05) is 50.2 Å². The number of nitrogens with zero attached hydrogens (tertiary/aromatic N) is 1. The molecule has 0 atom stereocenters. The van der Waals surface area contributed by atoms with Gasteiger partial charge in [-0.1, -0.05) is 59.7 Å². The standard InChI is InChI=1S/C21H18F3NO/c1-14-3-7-16(8-4-14)13-25-19(17-9-5-15(2)6-10-17)11-18(12-20(25)26)21(22,23)24/h3-12H,13H2,1-2H3. The predicted octanol–water partition coefficient (Wildman–Crippen LogP) is 5.20. The van der Waals surface area contributed by atoms with E-state index in [1.165, 1.54) is 4.57 Å². The van der Waals surface area contributed by atoms with E-state index in [4.69, 9.17) is 0 Å². The van der Waals surface area contributed by atoms with Crippen molar-refractivity contribution in [3.8, 4) is 11.3 Å². The maximum absolute atomic E-state index is 13.2. The summed E-state index contributed by atoms with van der Waals surface area (Å²) in [7, 11) is 0. The molecule has 0 aliphatic heterocycles. The number of rotatable bonds is 3. The van der Waals surface area contributed by atoms with Crippen LogP contribution in [0.3, 0.4) is 0 Å². The minimum atomic E-state index is -4.57. The molecule has 2 nitrogen and oxygen atoms in total. The highest BCUT2D eigenvalue weighted by Crippen LogP contribution is 2.31. The number of halogens is 3. The molecule has 134 valence electrons. The van der Waals surface area contributed by atoms with Crippen molar-refractivity contribution in [3.63, 3.8) is 0 Å². The molecular formula is C21H18F3NO. The lowest BCUT2D eigenvalue weighted by Crippen LogP contribution is -2.24. The largest absolute Gasteiger partial charge is 0.416 e. The van der Waals surface area contributed by atoms with Gasteiger partial charge in [0.15, 0.2) is 0 Å². The van der Waals surface area contributed by atoms with Gasteiger partial charge < -0.3 is 4.57 Å². The zero-order valence-corrected chi connectivity index (χ0v) is 14.5. The minimum absolute atomic E-state index is 0.209. The first kappa shape index (κ1) is 18.0. The third-order valence-electron chi connectivity index (χ3n) is 4.26. The molecule has 1 aromatic heterocycles. The topological polar surface area (TPSA) is 22.0 Å². The number of hydrogen-bond acceptors (Lipinski definition) is 1. The first-order chi connectivity index (χ1) is 12.2. The van der Waals surface area contributed by atoms with Crippen molar-refractivity contribution in [1.29, 1.82) is 0 Å². The second-order valence-corrected chi connectivity index (χ2v) is 6.40. The van der Waals surface area contributed by atoms with Crippen LogP contribution in [0, 0.1) is 13.8 Å². The highest BCUT2D eigenvalue weighted by atomic mass is 19.4. The second-order valence-electron chi connectivity index (χ2n) is 6.40. The monoisotopic (exact) mass is 357 g/mol. The van der Waals surface area contributed by atoms with E-state index in [-0.39, 0.29) is 12.2 Å². The van der Waals surface area contributed by atoms with Gasteiger partial charge in [0.1, 0.15) is 0 Å². The third-order valence-corrected chi connectivity index (χ3v) is 4.26. The maximum atomic E-state index is 13.2. The molecule has 0 fully saturated rings. The zero-order valence-electron chi connectivity index (χ0n) is 14.5. The van der Waals surface area contributed by atoms with Crippen LogP contribution in [0.2, 0.25) is 0 Å². The Bertz CT molecular complexity index is 968. The van der Waals surface area contributed by atoms with E-state index in [9.17, 15) is 18.0 Å². The Morgan fingerprint density at radius 1 is 0.846 bits per heavy atom. The lowest BCUT2D eigenvalue weighted by molar-refractivity contribution is -0.137. The van der Waals surface area contributed by atoms with Crippen LogP contribution in [0.4, 0.5) is 13.2 Å². The van der Waals surface area contributed by atoms with Gasteiger partial charge in [-0.3, -0.25) is 4.79 Å². The predicted molar refractivity (Wildman–Crippen MR) is 96.2 cm³/mol. The van der Waals surface area contributed by atoms with Crippen molar-refractivity contribution < 1.29 is 13.2 Å². The number of aryl methyl sites for hydroxylation is 2. The molecule has 0 aliphatic carbocycles. The van der Waals surface area contributed by atoms with Crippen molar-refractivity contribution in [1.82, 2.24) is 4.57 Å². The fourth-order valence-corrected chi connectivity index (χ4v) is 2.76. The van der Waals surface area contributed by atoms with E-state index < -0.39 is 17.3 Å². The maximum Gasteiger partial charge on any atom is 0.416 e. The molecule has 0 amide bonds. The smallest absolute Gasteiger partial charge is 0.304 e. The molecule has 1 heterocycles. The molecule has 0 bridgehead atoms. The molecule has 3 aromatic rings. The number of pyridine rings is 1. The number of alkyl halides is 3. The van der Waals surface area contributed by atoms with Gasteiger partial charge in [-0.25, -0.2) is 0 Å². The van der Waals surface area contributed by atoms with Crippen LogP contribution in [-0.4, -0.2) is 4.57 Å². The third kappa shape index (κ3) is 3.87. The van der Waals surface area contributed by atoms with Gasteiger partial charge in [0.25, 0.3) is 5.56 Å². The van der Waals surface area contributed by atoms with Gasteiger partial charge in [-0.15, -0.1) is 0 Å². The molecule has 0 saturated heterocycles. The molecule has 2 aromatic carbocycles. The average molecular weight is 357 g/mol. The van der Waals surface area contributed by atoms with Crippen LogP contribution >= 0.6 is 0 Å². The van der Waals surface area contributed by atoms with E-state index in [0.29, 0.717) is 11.6 Å². The molecule has 26 heavy (non-hydrogen) atoms. The highest BCUT2D eigenvalue weighted by Gasteiger charge is 2.32. The molecule has 0 saturated carbocycles. The molecule has 0 unspecified atom stereocenters. The summed E-state index contributed by atoms with van der Waals surface area (Å²) in [6.45, 7) is 4.06. The van der Waals surface area contributed by atoms with Crippen molar-refractivity contribution in [2.75, 3.05) is 0 Å². The van der Waals surface area contributed by atoms with E-state index >= 15 is 0 Å². The molecular weight excluding hydrogens is 339 g/mol. The van der Waals surface area contributed by atoms with Crippen LogP contribution < -0.4 is 5.56 Å². The van der Waals surface area contributed by atoms with Crippen molar-refractivity contribution in [3.05, 3.63) is 93.3 Å². The minimum Gasteiger partial charge on any atom is -0.304 e. The van der Waals surface area contributed by atoms with E-state index in [0.717, 1.165) is 22.8 Å². The quantitative estimate of drug-likeness (QED) is 0.631.